The number of aromatic nitrogens is 1. The predicted octanol–water partition coefficient (Wildman–Crippen LogP) is 0.191. The van der Waals surface area contributed by atoms with E-state index >= 15 is 0 Å². The van der Waals surface area contributed by atoms with Crippen LogP contribution in [0.2, 0.25) is 0 Å². The number of hydrogen-bond acceptors (Lipinski definition) is 8. The summed E-state index contributed by atoms with van der Waals surface area (Å²) in [6, 6.07) is 11.3. The van der Waals surface area contributed by atoms with E-state index in [4.69, 9.17) is 0 Å². The molecule has 3 aromatic rings. The summed E-state index contributed by atoms with van der Waals surface area (Å²) in [6.07, 6.45) is 4.10. The van der Waals surface area contributed by atoms with Crippen molar-refractivity contribution in [1.29, 1.82) is 0 Å². The zero-order valence-corrected chi connectivity index (χ0v) is 20.7. The minimum absolute atomic E-state index is 0.00584. The Morgan fingerprint density at radius 2 is 1.59 bits per heavy atom. The molecule has 0 saturated heterocycles. The van der Waals surface area contributed by atoms with Crippen LogP contribution in [0.3, 0.4) is 0 Å². The number of aryl methyl sites for hydroxylation is 2. The monoisotopic (exact) mass is 506 g/mol. The molecule has 2 aromatic carbocycles. The topological polar surface area (TPSA) is 166 Å². The predicted molar refractivity (Wildman–Crippen MR) is 135 cm³/mol. The van der Waals surface area contributed by atoms with Crippen LogP contribution < -0.4 is 21.1 Å². The number of H-pyrrole nitrogens is 1. The lowest BCUT2D eigenvalue weighted by Crippen LogP contribution is -2.33. The fraction of sp³-hybridized carbons (Fsp3) is 0.321. The number of carbonyl (C=O) groups excluding carboxylic acids is 2. The molecule has 0 spiro atoms. The standard InChI is InChI=1S/C24H28N2O3.C4H4O4/c1-3-14-9-16-11-18(12-17(16)10-15(14)4-2)25-13-22(28)19-5-7-21(27)24-20(19)6-8-23(29)26-24;5-3(6)1-2-4(7)8/h5-10,18,22,25,27-28H,3-4,11-13H2,1-2H3,(H,26,29);1-2H,(H,5,6)(H,7,8)/p-2/b;2-1-/t22-;/m0./s1. The largest absolute Gasteiger partial charge is 0.545 e. The fourth-order valence-corrected chi connectivity index (χ4v) is 4.65. The number of aliphatic hydroxyl groups excluding tert-OH is 1. The first-order valence-corrected chi connectivity index (χ1v) is 12.1. The number of phenolic OH excluding ortho intramolecular Hbond substituents is 1. The number of carboxylic acid groups (broad SMARTS) is 2. The summed E-state index contributed by atoms with van der Waals surface area (Å²) in [6.45, 7) is 4.83. The molecule has 1 atom stereocenters. The lowest BCUT2D eigenvalue weighted by atomic mass is 9.97. The summed E-state index contributed by atoms with van der Waals surface area (Å²) in [5.41, 5.74) is 6.49. The Labute approximate surface area is 214 Å². The number of carbonyl (C=O) groups is 2. The van der Waals surface area contributed by atoms with Crippen molar-refractivity contribution < 1.29 is 30.0 Å². The molecule has 1 aliphatic carbocycles. The summed E-state index contributed by atoms with van der Waals surface area (Å²) in [4.78, 5) is 33.1. The van der Waals surface area contributed by atoms with Gasteiger partial charge in [-0.3, -0.25) is 4.79 Å². The van der Waals surface area contributed by atoms with Crippen molar-refractivity contribution in [2.75, 3.05) is 6.54 Å². The van der Waals surface area contributed by atoms with Crippen LogP contribution in [-0.2, 0) is 35.3 Å². The van der Waals surface area contributed by atoms with Gasteiger partial charge in [-0.05, 0) is 77.8 Å². The third-order valence-corrected chi connectivity index (χ3v) is 6.44. The van der Waals surface area contributed by atoms with E-state index in [-0.39, 0.29) is 11.3 Å². The zero-order chi connectivity index (χ0) is 27.1. The highest BCUT2D eigenvalue weighted by Gasteiger charge is 2.24. The van der Waals surface area contributed by atoms with Crippen molar-refractivity contribution >= 4 is 22.8 Å². The van der Waals surface area contributed by atoms with E-state index in [1.807, 2.05) is 0 Å². The highest BCUT2D eigenvalue weighted by molar-refractivity contribution is 5.88. The van der Waals surface area contributed by atoms with Gasteiger partial charge in [0.1, 0.15) is 5.75 Å². The third-order valence-electron chi connectivity index (χ3n) is 6.44. The Kier molecular flexibility index (Phi) is 9.21. The van der Waals surface area contributed by atoms with Gasteiger partial charge in [0.05, 0.1) is 23.6 Å². The van der Waals surface area contributed by atoms with E-state index in [1.54, 1.807) is 12.1 Å². The van der Waals surface area contributed by atoms with E-state index < -0.39 is 18.0 Å². The summed E-state index contributed by atoms with van der Waals surface area (Å²) in [7, 11) is 0. The number of phenols is 1. The molecule has 196 valence electrons. The van der Waals surface area contributed by atoms with E-state index in [1.165, 1.54) is 34.4 Å². The number of nitrogens with one attached hydrogen (secondary N) is 2. The number of fused-ring (bicyclic) bond motifs is 2. The second-order valence-electron chi connectivity index (χ2n) is 8.88. The molecular formula is C28H30N2O7-2. The second kappa shape index (κ2) is 12.3. The number of rotatable bonds is 8. The van der Waals surface area contributed by atoms with Crippen LogP contribution >= 0.6 is 0 Å². The lowest BCUT2D eigenvalue weighted by molar-refractivity contribution is -0.301. The van der Waals surface area contributed by atoms with Crippen molar-refractivity contribution in [3.8, 4) is 5.75 Å². The van der Waals surface area contributed by atoms with Gasteiger partial charge in [0.15, 0.2) is 0 Å². The zero-order valence-electron chi connectivity index (χ0n) is 20.7. The SMILES string of the molecule is CCc1cc2c(cc1CC)CC(NC[C@H](O)c1ccc(O)c3[nH]c(=O)ccc13)C2.O=C([O-])/C=C\C(=O)[O-]. The van der Waals surface area contributed by atoms with Crippen molar-refractivity contribution in [2.24, 2.45) is 0 Å². The molecule has 37 heavy (non-hydrogen) atoms. The van der Waals surface area contributed by atoms with Crippen molar-refractivity contribution in [3.63, 3.8) is 0 Å². The van der Waals surface area contributed by atoms with Crippen LogP contribution in [0.15, 0.2) is 53.3 Å². The molecule has 9 nitrogen and oxygen atoms in total. The Bertz CT molecular complexity index is 1330. The van der Waals surface area contributed by atoms with Gasteiger partial charge in [-0.1, -0.05) is 32.0 Å². The van der Waals surface area contributed by atoms with E-state index in [9.17, 15) is 34.8 Å². The fourth-order valence-electron chi connectivity index (χ4n) is 4.65. The number of benzene rings is 2. The number of hydrogen-bond donors (Lipinski definition) is 4. The van der Waals surface area contributed by atoms with Gasteiger partial charge in [-0.15, -0.1) is 0 Å². The van der Waals surface area contributed by atoms with Crippen LogP contribution in [0.5, 0.6) is 5.75 Å². The van der Waals surface area contributed by atoms with Gasteiger partial charge in [0.25, 0.3) is 0 Å². The molecule has 9 heteroatoms. The molecule has 1 aromatic heterocycles. The number of pyridine rings is 1. The summed E-state index contributed by atoms with van der Waals surface area (Å²) in [5, 5.41) is 43.8. The number of aromatic hydroxyl groups is 1. The van der Waals surface area contributed by atoms with Gasteiger partial charge in [0.2, 0.25) is 5.56 Å². The van der Waals surface area contributed by atoms with Crippen LogP contribution in [0.4, 0.5) is 0 Å². The van der Waals surface area contributed by atoms with E-state index in [2.05, 4.69) is 36.3 Å². The minimum Gasteiger partial charge on any atom is -0.545 e. The van der Waals surface area contributed by atoms with Crippen LogP contribution in [0.25, 0.3) is 10.9 Å². The van der Waals surface area contributed by atoms with Gasteiger partial charge >= 0.3 is 0 Å². The van der Waals surface area contributed by atoms with Crippen LogP contribution in [0, 0.1) is 0 Å². The molecule has 0 amide bonds. The number of aromatic amines is 1. The molecule has 1 aliphatic rings. The first-order chi connectivity index (χ1) is 17.6. The van der Waals surface area contributed by atoms with Crippen molar-refractivity contribution in [3.05, 3.63) is 86.7 Å². The maximum Gasteiger partial charge on any atom is 0.248 e. The summed E-state index contributed by atoms with van der Waals surface area (Å²) >= 11 is 0. The number of carboxylic acids is 2. The third kappa shape index (κ3) is 7.05. The quantitative estimate of drug-likeness (QED) is 0.314. The summed E-state index contributed by atoms with van der Waals surface area (Å²) < 4.78 is 0. The highest BCUT2D eigenvalue weighted by Crippen LogP contribution is 2.30. The molecule has 4 N–H and O–H groups in total. The highest BCUT2D eigenvalue weighted by atomic mass is 16.4. The average Bonchev–Trinajstić information content (AvgIpc) is 3.27. The van der Waals surface area contributed by atoms with Crippen molar-refractivity contribution in [1.82, 2.24) is 10.3 Å². The Morgan fingerprint density at radius 3 is 2.11 bits per heavy atom. The van der Waals surface area contributed by atoms with E-state index in [0.717, 1.165) is 25.7 Å². The first-order valence-electron chi connectivity index (χ1n) is 12.1. The smallest absolute Gasteiger partial charge is 0.248 e. The summed E-state index contributed by atoms with van der Waals surface area (Å²) in [5.74, 6) is -3.09. The van der Waals surface area contributed by atoms with Gasteiger partial charge in [0, 0.05) is 24.0 Å². The molecule has 0 fully saturated rings. The number of aliphatic carboxylic acids is 2. The molecule has 4 rings (SSSR count). The van der Waals surface area contributed by atoms with Gasteiger partial charge < -0.3 is 40.3 Å². The molecule has 0 unspecified atom stereocenters. The number of aliphatic hydroxyl groups is 1. The molecule has 1 heterocycles. The van der Waals surface area contributed by atoms with Gasteiger partial charge in [-0.25, -0.2) is 0 Å². The second-order valence-corrected chi connectivity index (χ2v) is 8.88. The Morgan fingerprint density at radius 1 is 1.03 bits per heavy atom. The maximum absolute atomic E-state index is 11.6. The van der Waals surface area contributed by atoms with Crippen LogP contribution in [0.1, 0.15) is 47.8 Å². The van der Waals surface area contributed by atoms with E-state index in [0.29, 0.717) is 41.2 Å². The Hall–Kier alpha value is -3.95. The molecular weight excluding hydrogens is 476 g/mol. The first kappa shape index (κ1) is 27.6. The minimum atomic E-state index is -1.55. The molecule has 0 aliphatic heterocycles. The molecule has 0 saturated carbocycles. The Balaban J connectivity index is 0.000000414. The van der Waals surface area contributed by atoms with Crippen LogP contribution in [-0.4, -0.2) is 39.7 Å². The normalized spacial score (nSPS) is 13.8. The molecule has 0 bridgehead atoms. The average molecular weight is 507 g/mol. The molecule has 0 radical (unpaired) electrons. The van der Waals surface area contributed by atoms with Crippen molar-refractivity contribution in [2.45, 2.75) is 51.7 Å². The lowest BCUT2D eigenvalue weighted by Gasteiger charge is -2.18. The maximum atomic E-state index is 11.6. The van der Waals surface area contributed by atoms with Gasteiger partial charge in [-0.2, -0.15) is 0 Å².